The molecule has 0 heterocycles. The highest BCUT2D eigenvalue weighted by Gasteiger charge is 2.51. The second-order valence-electron chi connectivity index (χ2n) is 6.09. The van der Waals surface area contributed by atoms with E-state index in [1.807, 2.05) is 13.8 Å². The smallest absolute Gasteiger partial charge is 0.230 e. The minimum Gasteiger partial charge on any atom is -0.391 e. The molecule has 110 valence electrons. The van der Waals surface area contributed by atoms with Crippen LogP contribution in [0.25, 0.3) is 0 Å². The minimum atomic E-state index is -0.584. The van der Waals surface area contributed by atoms with E-state index in [1.54, 1.807) is 12.1 Å². The summed E-state index contributed by atoms with van der Waals surface area (Å²) in [6.45, 7) is 4.31. The van der Waals surface area contributed by atoms with Crippen molar-refractivity contribution in [2.24, 2.45) is 5.92 Å². The quantitative estimate of drug-likeness (QED) is 0.840. The average molecular weight is 279 g/mol. The van der Waals surface area contributed by atoms with Gasteiger partial charge in [-0.15, -0.1) is 0 Å². The molecule has 0 spiro atoms. The van der Waals surface area contributed by atoms with Gasteiger partial charge >= 0.3 is 0 Å². The number of benzene rings is 1. The monoisotopic (exact) mass is 279 g/mol. The minimum absolute atomic E-state index is 0.106. The lowest BCUT2D eigenvalue weighted by Gasteiger charge is -2.18. The van der Waals surface area contributed by atoms with E-state index in [2.05, 4.69) is 5.32 Å². The molecular formula is C16H22FNO2. The molecule has 0 saturated heterocycles. The van der Waals surface area contributed by atoms with Crippen molar-refractivity contribution in [3.8, 4) is 0 Å². The molecule has 2 rings (SSSR count). The molecule has 1 aromatic carbocycles. The molecule has 1 aliphatic carbocycles. The van der Waals surface area contributed by atoms with Gasteiger partial charge in [0.2, 0.25) is 5.91 Å². The fourth-order valence-electron chi connectivity index (χ4n) is 2.57. The molecular weight excluding hydrogens is 257 g/mol. The first kappa shape index (κ1) is 15.0. The van der Waals surface area contributed by atoms with E-state index in [0.29, 0.717) is 12.3 Å². The largest absolute Gasteiger partial charge is 0.391 e. The van der Waals surface area contributed by atoms with Crippen molar-refractivity contribution >= 4 is 5.91 Å². The number of carbonyl (C=O) groups is 1. The zero-order chi connectivity index (χ0) is 14.8. The van der Waals surface area contributed by atoms with Gasteiger partial charge in [0.15, 0.2) is 0 Å². The Hall–Kier alpha value is -1.42. The van der Waals surface area contributed by atoms with Crippen LogP contribution in [0.1, 0.15) is 38.7 Å². The number of aliphatic hydroxyl groups excluding tert-OH is 1. The third kappa shape index (κ3) is 3.37. The zero-order valence-electron chi connectivity index (χ0n) is 12.0. The fraction of sp³-hybridized carbons (Fsp3) is 0.562. The highest BCUT2D eigenvalue weighted by atomic mass is 19.1. The van der Waals surface area contributed by atoms with Gasteiger partial charge in [-0.2, -0.15) is 0 Å². The fourth-order valence-corrected chi connectivity index (χ4v) is 2.57. The van der Waals surface area contributed by atoms with Crippen LogP contribution in [0.2, 0.25) is 0 Å². The van der Waals surface area contributed by atoms with Crippen molar-refractivity contribution in [1.82, 2.24) is 5.32 Å². The predicted octanol–water partition coefficient (Wildman–Crippen LogP) is 2.38. The van der Waals surface area contributed by atoms with Crippen LogP contribution < -0.4 is 5.32 Å². The number of rotatable bonds is 6. The van der Waals surface area contributed by atoms with E-state index in [1.165, 1.54) is 12.1 Å². The summed E-state index contributed by atoms with van der Waals surface area (Å²) in [5.74, 6) is -0.0349. The molecule has 1 aliphatic rings. The van der Waals surface area contributed by atoms with Gasteiger partial charge in [-0.25, -0.2) is 4.39 Å². The van der Waals surface area contributed by atoms with E-state index in [0.717, 1.165) is 18.4 Å². The lowest BCUT2D eigenvalue weighted by molar-refractivity contribution is -0.124. The van der Waals surface area contributed by atoms with Crippen LogP contribution in [-0.4, -0.2) is 23.7 Å². The van der Waals surface area contributed by atoms with E-state index in [9.17, 15) is 14.3 Å². The number of halogens is 1. The van der Waals surface area contributed by atoms with E-state index in [-0.39, 0.29) is 18.3 Å². The Labute approximate surface area is 119 Å². The number of hydrogen-bond donors (Lipinski definition) is 2. The first-order valence-electron chi connectivity index (χ1n) is 7.16. The summed E-state index contributed by atoms with van der Waals surface area (Å²) >= 11 is 0. The highest BCUT2D eigenvalue weighted by molar-refractivity contribution is 5.91. The predicted molar refractivity (Wildman–Crippen MR) is 75.8 cm³/mol. The normalized spacial score (nSPS) is 17.9. The van der Waals surface area contributed by atoms with Gasteiger partial charge in [-0.05, 0) is 42.9 Å². The summed E-state index contributed by atoms with van der Waals surface area (Å²) in [6, 6.07) is 6.23. The van der Waals surface area contributed by atoms with Gasteiger partial charge < -0.3 is 10.4 Å². The molecule has 0 aliphatic heterocycles. The summed E-state index contributed by atoms with van der Waals surface area (Å²) in [5, 5.41) is 12.6. The maximum absolute atomic E-state index is 13.3. The third-order valence-corrected chi connectivity index (χ3v) is 3.80. The van der Waals surface area contributed by atoms with Crippen molar-refractivity contribution in [1.29, 1.82) is 0 Å². The number of amides is 1. The maximum atomic E-state index is 13.3. The third-order valence-electron chi connectivity index (χ3n) is 3.80. The van der Waals surface area contributed by atoms with Gasteiger partial charge in [-0.1, -0.05) is 26.0 Å². The molecule has 20 heavy (non-hydrogen) atoms. The molecule has 2 N–H and O–H groups in total. The Morgan fingerprint density at radius 3 is 2.70 bits per heavy atom. The second kappa shape index (κ2) is 5.92. The van der Waals surface area contributed by atoms with Crippen molar-refractivity contribution < 1.29 is 14.3 Å². The molecule has 1 amide bonds. The summed E-state index contributed by atoms with van der Waals surface area (Å²) in [4.78, 5) is 12.3. The Bertz CT molecular complexity index is 483. The van der Waals surface area contributed by atoms with Gasteiger partial charge in [0, 0.05) is 6.54 Å². The Morgan fingerprint density at radius 2 is 2.15 bits per heavy atom. The van der Waals surface area contributed by atoms with Gasteiger partial charge in [0.05, 0.1) is 11.5 Å². The first-order valence-corrected chi connectivity index (χ1v) is 7.16. The van der Waals surface area contributed by atoms with Crippen molar-refractivity contribution in [3.63, 3.8) is 0 Å². The van der Waals surface area contributed by atoms with E-state index < -0.39 is 11.5 Å². The standard InChI is InChI=1S/C16H22FNO2/c1-11(2)8-14(19)10-18-15(20)16(6-7-16)12-4-3-5-13(17)9-12/h3-5,9,11,14,19H,6-8,10H2,1-2H3,(H,18,20). The van der Waals surface area contributed by atoms with Crippen LogP contribution in [-0.2, 0) is 10.2 Å². The summed E-state index contributed by atoms with van der Waals surface area (Å²) in [7, 11) is 0. The summed E-state index contributed by atoms with van der Waals surface area (Å²) in [6.07, 6.45) is 1.61. The number of carbonyl (C=O) groups excluding carboxylic acids is 1. The maximum Gasteiger partial charge on any atom is 0.230 e. The zero-order valence-corrected chi connectivity index (χ0v) is 12.0. The van der Waals surface area contributed by atoms with E-state index >= 15 is 0 Å². The second-order valence-corrected chi connectivity index (χ2v) is 6.09. The van der Waals surface area contributed by atoms with Crippen LogP contribution in [0.4, 0.5) is 4.39 Å². The molecule has 0 aromatic heterocycles. The number of aliphatic hydroxyl groups is 1. The first-order chi connectivity index (χ1) is 9.44. The summed E-state index contributed by atoms with van der Waals surface area (Å²) < 4.78 is 13.3. The van der Waals surface area contributed by atoms with Crippen LogP contribution in [0.5, 0.6) is 0 Å². The Kier molecular flexibility index (Phi) is 4.43. The SMILES string of the molecule is CC(C)CC(O)CNC(=O)C1(c2cccc(F)c2)CC1. The van der Waals surface area contributed by atoms with Gasteiger partial charge in [0.25, 0.3) is 0 Å². The topological polar surface area (TPSA) is 49.3 Å². The lowest BCUT2D eigenvalue weighted by Crippen LogP contribution is -2.39. The molecule has 0 radical (unpaired) electrons. The number of hydrogen-bond acceptors (Lipinski definition) is 2. The van der Waals surface area contributed by atoms with Crippen LogP contribution >= 0.6 is 0 Å². The van der Waals surface area contributed by atoms with Crippen molar-refractivity contribution in [2.45, 2.75) is 44.6 Å². The Balaban J connectivity index is 1.95. The molecule has 1 aromatic rings. The van der Waals surface area contributed by atoms with Gasteiger partial charge in [0.1, 0.15) is 5.82 Å². The van der Waals surface area contributed by atoms with Crippen LogP contribution in [0, 0.1) is 11.7 Å². The van der Waals surface area contributed by atoms with Crippen molar-refractivity contribution in [2.75, 3.05) is 6.54 Å². The Morgan fingerprint density at radius 1 is 1.45 bits per heavy atom. The van der Waals surface area contributed by atoms with E-state index in [4.69, 9.17) is 0 Å². The molecule has 4 heteroatoms. The van der Waals surface area contributed by atoms with Crippen LogP contribution in [0.3, 0.4) is 0 Å². The molecule has 0 bridgehead atoms. The molecule has 1 fully saturated rings. The molecule has 1 atom stereocenters. The molecule has 3 nitrogen and oxygen atoms in total. The van der Waals surface area contributed by atoms with Crippen LogP contribution in [0.15, 0.2) is 24.3 Å². The summed E-state index contributed by atoms with van der Waals surface area (Å²) in [5.41, 5.74) is 0.146. The van der Waals surface area contributed by atoms with Gasteiger partial charge in [-0.3, -0.25) is 4.79 Å². The average Bonchev–Trinajstić information content (AvgIpc) is 3.16. The number of nitrogens with one attached hydrogen (secondary N) is 1. The lowest BCUT2D eigenvalue weighted by atomic mass is 9.94. The highest BCUT2D eigenvalue weighted by Crippen LogP contribution is 2.48. The molecule has 1 saturated carbocycles. The molecule has 1 unspecified atom stereocenters. The van der Waals surface area contributed by atoms with Crippen molar-refractivity contribution in [3.05, 3.63) is 35.6 Å².